The van der Waals surface area contributed by atoms with Gasteiger partial charge < -0.3 is 15.5 Å². The van der Waals surface area contributed by atoms with Crippen LogP contribution in [0.5, 0.6) is 0 Å². The van der Waals surface area contributed by atoms with Gasteiger partial charge in [-0.05, 0) is 50.9 Å². The fraction of sp³-hybridized carbons (Fsp3) is 0.632. The van der Waals surface area contributed by atoms with Crippen molar-refractivity contribution in [1.29, 1.82) is 0 Å². The van der Waals surface area contributed by atoms with Crippen LogP contribution in [0.25, 0.3) is 0 Å². The zero-order valence-electron chi connectivity index (χ0n) is 15.9. The number of hydrogen-bond acceptors (Lipinski definition) is 2. The Balaban J connectivity index is 0.00000529. The molecule has 0 atom stereocenters. The molecule has 0 radical (unpaired) electrons. The van der Waals surface area contributed by atoms with Gasteiger partial charge in [0.2, 0.25) is 0 Å². The molecule has 138 valence electrons. The summed E-state index contributed by atoms with van der Waals surface area (Å²) in [5, 5.41) is 6.73. The van der Waals surface area contributed by atoms with Crippen molar-refractivity contribution in [2.24, 2.45) is 10.9 Å². The molecular formula is C19H35IN4. The molecule has 4 nitrogen and oxygen atoms in total. The molecule has 5 heteroatoms. The van der Waals surface area contributed by atoms with Crippen molar-refractivity contribution in [2.75, 3.05) is 27.2 Å². The maximum Gasteiger partial charge on any atom is 0.191 e. The van der Waals surface area contributed by atoms with Crippen molar-refractivity contribution >= 4 is 29.9 Å². The summed E-state index contributed by atoms with van der Waals surface area (Å²) in [7, 11) is 4.18. The van der Waals surface area contributed by atoms with E-state index in [1.807, 2.05) is 0 Å². The molecule has 0 saturated heterocycles. The molecule has 0 aliphatic rings. The number of benzene rings is 1. The highest BCUT2D eigenvalue weighted by Crippen LogP contribution is 2.07. The van der Waals surface area contributed by atoms with Crippen LogP contribution >= 0.6 is 24.0 Å². The van der Waals surface area contributed by atoms with Gasteiger partial charge in [-0.25, -0.2) is 4.99 Å². The quantitative estimate of drug-likeness (QED) is 0.262. The van der Waals surface area contributed by atoms with Crippen LogP contribution in [0.2, 0.25) is 0 Å². The minimum Gasteiger partial charge on any atom is -0.357 e. The second-order valence-electron chi connectivity index (χ2n) is 6.71. The minimum absolute atomic E-state index is 0. The summed E-state index contributed by atoms with van der Waals surface area (Å²) in [4.78, 5) is 6.85. The Morgan fingerprint density at radius 2 is 1.71 bits per heavy atom. The second kappa shape index (κ2) is 13.5. The summed E-state index contributed by atoms with van der Waals surface area (Å²) in [6, 6.07) is 8.72. The first-order valence-corrected chi connectivity index (χ1v) is 8.76. The molecule has 0 heterocycles. The molecule has 0 amide bonds. The number of guanidine groups is 1. The van der Waals surface area contributed by atoms with E-state index in [4.69, 9.17) is 0 Å². The van der Waals surface area contributed by atoms with E-state index in [1.54, 1.807) is 0 Å². The lowest BCUT2D eigenvalue weighted by atomic mass is 10.1. The molecule has 0 aliphatic heterocycles. The Hall–Kier alpha value is -0.820. The van der Waals surface area contributed by atoms with Gasteiger partial charge in [0.1, 0.15) is 0 Å². The van der Waals surface area contributed by atoms with E-state index in [0.29, 0.717) is 6.54 Å². The number of rotatable bonds is 9. The fourth-order valence-corrected chi connectivity index (χ4v) is 2.34. The van der Waals surface area contributed by atoms with Gasteiger partial charge in [-0.15, -0.1) is 24.0 Å². The van der Waals surface area contributed by atoms with Crippen LogP contribution in [0, 0.1) is 5.92 Å². The van der Waals surface area contributed by atoms with Gasteiger partial charge in [-0.3, -0.25) is 0 Å². The molecule has 1 aromatic carbocycles. The van der Waals surface area contributed by atoms with Crippen molar-refractivity contribution < 1.29 is 0 Å². The summed E-state index contributed by atoms with van der Waals surface area (Å²) in [5.41, 5.74) is 2.58. The summed E-state index contributed by atoms with van der Waals surface area (Å²) in [6.07, 6.45) is 2.43. The van der Waals surface area contributed by atoms with Crippen LogP contribution in [0.3, 0.4) is 0 Å². The Labute approximate surface area is 165 Å². The average molecular weight is 446 g/mol. The Morgan fingerprint density at radius 3 is 2.25 bits per heavy atom. The lowest BCUT2D eigenvalue weighted by Gasteiger charge is -2.12. The highest BCUT2D eigenvalue weighted by Gasteiger charge is 2.00. The van der Waals surface area contributed by atoms with Crippen LogP contribution in [0.4, 0.5) is 0 Å². The molecule has 0 aromatic heterocycles. The van der Waals surface area contributed by atoms with Gasteiger partial charge in [0.15, 0.2) is 5.96 Å². The van der Waals surface area contributed by atoms with Gasteiger partial charge in [0.05, 0.1) is 6.54 Å². The third-order valence-electron chi connectivity index (χ3n) is 3.54. The van der Waals surface area contributed by atoms with E-state index >= 15 is 0 Å². The summed E-state index contributed by atoms with van der Waals surface area (Å²) < 4.78 is 0. The predicted octanol–water partition coefficient (Wildman–Crippen LogP) is 3.86. The van der Waals surface area contributed by atoms with Gasteiger partial charge in [-0.2, -0.15) is 0 Å². The number of nitrogens with zero attached hydrogens (tertiary/aromatic N) is 2. The molecule has 1 aromatic rings. The first-order valence-electron chi connectivity index (χ1n) is 8.76. The van der Waals surface area contributed by atoms with Gasteiger partial charge in [0, 0.05) is 19.6 Å². The van der Waals surface area contributed by atoms with Gasteiger partial charge >= 0.3 is 0 Å². The van der Waals surface area contributed by atoms with E-state index in [1.165, 1.54) is 24.0 Å². The van der Waals surface area contributed by atoms with Crippen molar-refractivity contribution in [3.05, 3.63) is 35.4 Å². The number of aliphatic imine (C=N–C) groups is 1. The van der Waals surface area contributed by atoms with E-state index in [0.717, 1.165) is 31.5 Å². The third kappa shape index (κ3) is 10.9. The average Bonchev–Trinajstić information content (AvgIpc) is 2.49. The second-order valence-corrected chi connectivity index (χ2v) is 6.71. The maximum absolute atomic E-state index is 4.67. The number of nitrogens with one attached hydrogen (secondary N) is 2. The monoisotopic (exact) mass is 446 g/mol. The van der Waals surface area contributed by atoms with Crippen LogP contribution < -0.4 is 10.6 Å². The molecule has 0 spiro atoms. The molecule has 0 bridgehead atoms. The smallest absolute Gasteiger partial charge is 0.191 e. The SMILES string of the molecule is CCNC(=NCc1ccc(CN(C)C)cc1)NCCCC(C)C.I. The zero-order chi connectivity index (χ0) is 17.1. The first kappa shape index (κ1) is 23.2. The van der Waals surface area contributed by atoms with E-state index in [2.05, 4.69) is 79.7 Å². The Morgan fingerprint density at radius 1 is 1.08 bits per heavy atom. The molecule has 24 heavy (non-hydrogen) atoms. The van der Waals surface area contributed by atoms with Crippen molar-refractivity contribution in [1.82, 2.24) is 15.5 Å². The highest BCUT2D eigenvalue weighted by molar-refractivity contribution is 14.0. The molecule has 1 rings (SSSR count). The molecular weight excluding hydrogens is 411 g/mol. The highest BCUT2D eigenvalue weighted by atomic mass is 127. The fourth-order valence-electron chi connectivity index (χ4n) is 2.34. The molecule has 0 unspecified atom stereocenters. The van der Waals surface area contributed by atoms with Gasteiger partial charge in [-0.1, -0.05) is 38.1 Å². The van der Waals surface area contributed by atoms with Crippen molar-refractivity contribution in [3.63, 3.8) is 0 Å². The summed E-state index contributed by atoms with van der Waals surface area (Å²) in [6.45, 7) is 10.2. The van der Waals surface area contributed by atoms with E-state index in [9.17, 15) is 0 Å². The molecule has 0 saturated carbocycles. The molecule has 2 N–H and O–H groups in total. The standard InChI is InChI=1S/C19H34N4.HI/c1-6-20-19(21-13-7-8-16(2)3)22-14-17-9-11-18(12-10-17)15-23(4)5;/h9-12,16H,6-8,13-15H2,1-5H3,(H2,20,21,22);1H. The summed E-state index contributed by atoms with van der Waals surface area (Å²) in [5.74, 6) is 1.67. The Kier molecular flexibility index (Phi) is 13.0. The normalized spacial score (nSPS) is 11.5. The predicted molar refractivity (Wildman–Crippen MR) is 116 cm³/mol. The van der Waals surface area contributed by atoms with E-state index in [-0.39, 0.29) is 24.0 Å². The number of halogens is 1. The van der Waals surface area contributed by atoms with Gasteiger partial charge in [0.25, 0.3) is 0 Å². The largest absolute Gasteiger partial charge is 0.357 e. The van der Waals surface area contributed by atoms with E-state index < -0.39 is 0 Å². The topological polar surface area (TPSA) is 39.7 Å². The van der Waals surface area contributed by atoms with Crippen molar-refractivity contribution in [3.8, 4) is 0 Å². The third-order valence-corrected chi connectivity index (χ3v) is 3.54. The summed E-state index contributed by atoms with van der Waals surface area (Å²) >= 11 is 0. The maximum atomic E-state index is 4.67. The number of hydrogen-bond donors (Lipinski definition) is 2. The molecule has 0 fully saturated rings. The lowest BCUT2D eigenvalue weighted by molar-refractivity contribution is 0.402. The first-order chi connectivity index (χ1) is 11.0. The van der Waals surface area contributed by atoms with Crippen LogP contribution in [-0.2, 0) is 13.1 Å². The lowest BCUT2D eigenvalue weighted by Crippen LogP contribution is -2.37. The van der Waals surface area contributed by atoms with Crippen LogP contribution in [-0.4, -0.2) is 38.0 Å². The minimum atomic E-state index is 0. The van der Waals surface area contributed by atoms with Crippen LogP contribution in [0.1, 0.15) is 44.7 Å². The molecule has 0 aliphatic carbocycles. The zero-order valence-corrected chi connectivity index (χ0v) is 18.3. The van der Waals surface area contributed by atoms with Crippen molar-refractivity contribution in [2.45, 2.75) is 46.7 Å². The van der Waals surface area contributed by atoms with Crippen LogP contribution in [0.15, 0.2) is 29.3 Å². The Bertz CT molecular complexity index is 455.